The maximum atomic E-state index is 11.5. The van der Waals surface area contributed by atoms with E-state index in [4.69, 9.17) is 16.3 Å². The van der Waals surface area contributed by atoms with Crippen LogP contribution in [0.15, 0.2) is 48.5 Å². The maximum absolute atomic E-state index is 11.5. The Morgan fingerprint density at radius 1 is 1.25 bits per heavy atom. The molecule has 2 aromatic carbocycles. The molecule has 0 radical (unpaired) electrons. The average molecular weight is 291 g/mol. The molecule has 1 atom stereocenters. The predicted molar refractivity (Wildman–Crippen MR) is 78.5 cm³/mol. The van der Waals surface area contributed by atoms with Crippen LogP contribution in [0.3, 0.4) is 0 Å². The minimum Gasteiger partial charge on any atom is -0.496 e. The fourth-order valence-electron chi connectivity index (χ4n) is 2.16. The zero-order valence-electron chi connectivity index (χ0n) is 11.0. The number of hydrogen-bond donors (Lipinski definition) is 1. The molecule has 0 spiro atoms. The molecule has 0 saturated carbocycles. The van der Waals surface area contributed by atoms with E-state index in [0.717, 1.165) is 11.1 Å². The molecule has 0 aromatic heterocycles. The fraction of sp³-hybridized carbons (Fsp3) is 0.188. The lowest BCUT2D eigenvalue weighted by atomic mass is 9.92. The van der Waals surface area contributed by atoms with Gasteiger partial charge in [-0.25, -0.2) is 0 Å². The summed E-state index contributed by atoms with van der Waals surface area (Å²) in [4.78, 5) is 11.5. The van der Waals surface area contributed by atoms with Gasteiger partial charge < -0.3 is 9.84 Å². The van der Waals surface area contributed by atoms with Gasteiger partial charge in [-0.2, -0.15) is 0 Å². The Kier molecular flexibility index (Phi) is 4.64. The number of hydrogen-bond acceptors (Lipinski definition) is 2. The Bertz CT molecular complexity index is 596. The molecule has 1 unspecified atom stereocenters. The third-order valence-corrected chi connectivity index (χ3v) is 3.40. The van der Waals surface area contributed by atoms with Crippen molar-refractivity contribution in [2.24, 2.45) is 0 Å². The number of ether oxygens (including phenoxy) is 1. The summed E-state index contributed by atoms with van der Waals surface area (Å²) in [7, 11) is 1.56. The van der Waals surface area contributed by atoms with E-state index in [2.05, 4.69) is 0 Å². The van der Waals surface area contributed by atoms with E-state index in [1.807, 2.05) is 30.3 Å². The minimum absolute atomic E-state index is 0.336. The van der Waals surface area contributed by atoms with Crippen LogP contribution in [0, 0.1) is 0 Å². The third kappa shape index (κ3) is 3.31. The van der Waals surface area contributed by atoms with Crippen molar-refractivity contribution >= 4 is 17.6 Å². The van der Waals surface area contributed by atoms with Crippen molar-refractivity contribution in [1.29, 1.82) is 0 Å². The van der Waals surface area contributed by atoms with Gasteiger partial charge >= 0.3 is 5.97 Å². The van der Waals surface area contributed by atoms with E-state index in [0.29, 0.717) is 17.2 Å². The summed E-state index contributed by atoms with van der Waals surface area (Å²) in [5.41, 5.74) is 1.55. The number of benzene rings is 2. The number of methoxy groups -OCH3 is 1. The number of aliphatic carboxylic acids is 1. The Labute approximate surface area is 122 Å². The first kappa shape index (κ1) is 14.4. The Morgan fingerprint density at radius 2 is 1.95 bits per heavy atom. The summed E-state index contributed by atoms with van der Waals surface area (Å²) in [6.07, 6.45) is 0.336. The molecule has 0 fully saturated rings. The topological polar surface area (TPSA) is 46.5 Å². The lowest BCUT2D eigenvalue weighted by Crippen LogP contribution is -2.14. The SMILES string of the molecule is COc1ccc(Cl)cc1CC(C(=O)O)c1ccccc1. The van der Waals surface area contributed by atoms with Crippen molar-refractivity contribution in [3.63, 3.8) is 0 Å². The molecule has 0 heterocycles. The summed E-state index contributed by atoms with van der Waals surface area (Å²) in [6, 6.07) is 14.4. The molecular weight excluding hydrogens is 276 g/mol. The molecule has 4 heteroatoms. The van der Waals surface area contributed by atoms with Gasteiger partial charge in [-0.05, 0) is 35.7 Å². The van der Waals surface area contributed by atoms with Gasteiger partial charge in [0.2, 0.25) is 0 Å². The second kappa shape index (κ2) is 6.44. The monoisotopic (exact) mass is 290 g/mol. The van der Waals surface area contributed by atoms with Crippen LogP contribution >= 0.6 is 11.6 Å². The van der Waals surface area contributed by atoms with Gasteiger partial charge in [-0.1, -0.05) is 41.9 Å². The highest BCUT2D eigenvalue weighted by molar-refractivity contribution is 6.30. The van der Waals surface area contributed by atoms with E-state index in [1.165, 1.54) is 0 Å². The predicted octanol–water partition coefficient (Wildman–Crippen LogP) is 3.76. The van der Waals surface area contributed by atoms with Crippen LogP contribution in [-0.2, 0) is 11.2 Å². The van der Waals surface area contributed by atoms with Crippen molar-refractivity contribution < 1.29 is 14.6 Å². The highest BCUT2D eigenvalue weighted by Crippen LogP contribution is 2.29. The second-order valence-electron chi connectivity index (χ2n) is 4.46. The van der Waals surface area contributed by atoms with Crippen molar-refractivity contribution in [2.45, 2.75) is 12.3 Å². The standard InChI is InChI=1S/C16H15ClO3/c1-20-15-8-7-13(17)9-12(15)10-14(16(18)19)11-5-3-2-4-6-11/h2-9,14H,10H2,1H3,(H,18,19). The first-order valence-electron chi connectivity index (χ1n) is 6.22. The van der Waals surface area contributed by atoms with Crippen LogP contribution in [0.25, 0.3) is 0 Å². The number of carboxylic acid groups (broad SMARTS) is 1. The first-order valence-corrected chi connectivity index (χ1v) is 6.59. The molecule has 2 rings (SSSR count). The molecule has 104 valence electrons. The molecule has 20 heavy (non-hydrogen) atoms. The molecule has 0 saturated heterocycles. The van der Waals surface area contributed by atoms with Gasteiger partial charge in [0, 0.05) is 5.02 Å². The average Bonchev–Trinajstić information content (AvgIpc) is 2.45. The summed E-state index contributed by atoms with van der Waals surface area (Å²) < 4.78 is 5.27. The van der Waals surface area contributed by atoms with Gasteiger partial charge in [0.05, 0.1) is 13.0 Å². The van der Waals surface area contributed by atoms with Crippen LogP contribution in [0.4, 0.5) is 0 Å². The van der Waals surface area contributed by atoms with Crippen LogP contribution in [0.2, 0.25) is 5.02 Å². The molecule has 0 amide bonds. The molecule has 1 N–H and O–H groups in total. The molecule has 2 aromatic rings. The van der Waals surface area contributed by atoms with Crippen molar-refractivity contribution in [2.75, 3.05) is 7.11 Å². The van der Waals surface area contributed by atoms with Crippen LogP contribution < -0.4 is 4.74 Å². The zero-order valence-corrected chi connectivity index (χ0v) is 11.8. The Hall–Kier alpha value is -2.00. The molecule has 0 aliphatic heterocycles. The van der Waals surface area contributed by atoms with E-state index < -0.39 is 11.9 Å². The summed E-state index contributed by atoms with van der Waals surface area (Å²) in [6.45, 7) is 0. The summed E-state index contributed by atoms with van der Waals surface area (Å²) in [5.74, 6) is -0.835. The quantitative estimate of drug-likeness (QED) is 0.912. The van der Waals surface area contributed by atoms with Gasteiger partial charge in [0.25, 0.3) is 0 Å². The van der Waals surface area contributed by atoms with Gasteiger partial charge in [0.15, 0.2) is 0 Å². The Balaban J connectivity index is 2.34. The molecule has 0 aliphatic carbocycles. The van der Waals surface area contributed by atoms with Crippen LogP contribution in [0.1, 0.15) is 17.0 Å². The normalized spacial score (nSPS) is 11.9. The van der Waals surface area contributed by atoms with Gasteiger partial charge in [0.1, 0.15) is 5.75 Å². The van der Waals surface area contributed by atoms with Crippen molar-refractivity contribution in [3.05, 3.63) is 64.7 Å². The minimum atomic E-state index is -0.863. The Morgan fingerprint density at radius 3 is 2.55 bits per heavy atom. The second-order valence-corrected chi connectivity index (χ2v) is 4.90. The van der Waals surface area contributed by atoms with Crippen molar-refractivity contribution in [1.82, 2.24) is 0 Å². The van der Waals surface area contributed by atoms with E-state index in [-0.39, 0.29) is 0 Å². The highest BCUT2D eigenvalue weighted by atomic mass is 35.5. The third-order valence-electron chi connectivity index (χ3n) is 3.17. The molecule has 0 bridgehead atoms. The van der Waals surface area contributed by atoms with Crippen LogP contribution in [-0.4, -0.2) is 18.2 Å². The van der Waals surface area contributed by atoms with E-state index in [9.17, 15) is 9.90 Å². The number of halogens is 1. The van der Waals surface area contributed by atoms with Gasteiger partial charge in [-0.15, -0.1) is 0 Å². The number of carboxylic acids is 1. The lowest BCUT2D eigenvalue weighted by molar-refractivity contribution is -0.138. The maximum Gasteiger partial charge on any atom is 0.311 e. The molecule has 0 aliphatic rings. The van der Waals surface area contributed by atoms with Crippen LogP contribution in [0.5, 0.6) is 5.75 Å². The summed E-state index contributed by atoms with van der Waals surface area (Å²) >= 11 is 5.98. The largest absolute Gasteiger partial charge is 0.496 e. The summed E-state index contributed by atoms with van der Waals surface area (Å²) in [5, 5.41) is 10.0. The highest BCUT2D eigenvalue weighted by Gasteiger charge is 2.21. The fourth-order valence-corrected chi connectivity index (χ4v) is 2.35. The molecular formula is C16H15ClO3. The molecule has 3 nitrogen and oxygen atoms in total. The smallest absolute Gasteiger partial charge is 0.311 e. The van der Waals surface area contributed by atoms with Crippen molar-refractivity contribution in [3.8, 4) is 5.75 Å². The lowest BCUT2D eigenvalue weighted by Gasteiger charge is -2.15. The zero-order chi connectivity index (χ0) is 14.5. The number of rotatable bonds is 5. The first-order chi connectivity index (χ1) is 9.61. The van der Waals surface area contributed by atoms with E-state index >= 15 is 0 Å². The van der Waals surface area contributed by atoms with E-state index in [1.54, 1.807) is 25.3 Å². The van der Waals surface area contributed by atoms with Gasteiger partial charge in [-0.3, -0.25) is 4.79 Å². The number of carbonyl (C=O) groups is 1.